The number of rotatable bonds is 5. The molecule has 1 amide bonds. The summed E-state index contributed by atoms with van der Waals surface area (Å²) in [4.78, 5) is 32.2. The van der Waals surface area contributed by atoms with Gasteiger partial charge in [-0.15, -0.1) is 11.3 Å². The summed E-state index contributed by atoms with van der Waals surface area (Å²) in [5, 5.41) is 0.890. The van der Waals surface area contributed by atoms with Crippen molar-refractivity contribution < 1.29 is 9.53 Å². The predicted octanol–water partition coefficient (Wildman–Crippen LogP) is 3.59. The normalized spacial score (nSPS) is 17.9. The highest BCUT2D eigenvalue weighted by Crippen LogP contribution is 2.46. The second-order valence-electron chi connectivity index (χ2n) is 8.29. The highest BCUT2D eigenvalue weighted by molar-refractivity contribution is 8.08. The van der Waals surface area contributed by atoms with Crippen LogP contribution in [0.3, 0.4) is 0 Å². The third-order valence-electron chi connectivity index (χ3n) is 6.30. The second kappa shape index (κ2) is 9.00. The smallest absolute Gasteiger partial charge is 0.271 e. The molecule has 8 heteroatoms. The van der Waals surface area contributed by atoms with Gasteiger partial charge in [0.25, 0.3) is 11.5 Å². The minimum absolute atomic E-state index is 0.0321. The fraction of sp³-hybridized carbons (Fsp3) is 0.308. The van der Waals surface area contributed by atoms with Gasteiger partial charge in [0.15, 0.2) is 0 Å². The number of ether oxygens (including phenoxy) is 1. The van der Waals surface area contributed by atoms with Crippen molar-refractivity contribution in [2.24, 2.45) is 0 Å². The molecule has 0 unspecified atom stereocenters. The van der Waals surface area contributed by atoms with Gasteiger partial charge in [-0.25, -0.2) is 0 Å². The lowest BCUT2D eigenvalue weighted by molar-refractivity contribution is -0.113. The van der Waals surface area contributed by atoms with Crippen LogP contribution in [0.15, 0.2) is 52.2 Å². The molecule has 0 fully saturated rings. The van der Waals surface area contributed by atoms with E-state index < -0.39 is 0 Å². The molecule has 2 aliphatic rings. The maximum atomic E-state index is 13.8. The summed E-state index contributed by atoms with van der Waals surface area (Å²) in [6.07, 6.45) is 1.84. The Kier molecular flexibility index (Phi) is 6.04. The van der Waals surface area contributed by atoms with Gasteiger partial charge < -0.3 is 14.5 Å². The van der Waals surface area contributed by atoms with Crippen LogP contribution in [0.4, 0.5) is 11.4 Å². The van der Waals surface area contributed by atoms with E-state index in [1.54, 1.807) is 23.8 Å². The Labute approximate surface area is 206 Å². The number of anilines is 2. The number of carbonyl (C=O) groups is 1. The quantitative estimate of drug-likeness (QED) is 0.544. The number of likely N-dealkylation sites (N-methyl/N-ethyl adjacent to an activating group) is 1. The van der Waals surface area contributed by atoms with Crippen molar-refractivity contribution in [3.63, 3.8) is 0 Å². The van der Waals surface area contributed by atoms with Gasteiger partial charge in [0, 0.05) is 36.7 Å². The van der Waals surface area contributed by atoms with E-state index in [9.17, 15) is 9.59 Å². The lowest BCUT2D eigenvalue weighted by Gasteiger charge is -2.13. The van der Waals surface area contributed by atoms with E-state index in [0.717, 1.165) is 50.1 Å². The molecular weight excluding hydrogens is 466 g/mol. The van der Waals surface area contributed by atoms with E-state index in [-0.39, 0.29) is 11.5 Å². The molecule has 2 aliphatic heterocycles. The van der Waals surface area contributed by atoms with Crippen molar-refractivity contribution in [2.45, 2.75) is 38.1 Å². The number of benzene rings is 2. The summed E-state index contributed by atoms with van der Waals surface area (Å²) in [6.45, 7) is 5.27. The molecule has 0 spiro atoms. The van der Waals surface area contributed by atoms with E-state index >= 15 is 0 Å². The Morgan fingerprint density at radius 3 is 2.56 bits per heavy atom. The van der Waals surface area contributed by atoms with Crippen LogP contribution in [0.2, 0.25) is 0 Å². The van der Waals surface area contributed by atoms with Crippen LogP contribution >= 0.6 is 23.1 Å². The number of thioether (sulfide) groups is 1. The zero-order valence-corrected chi connectivity index (χ0v) is 21.4. The number of hydrogen-bond acceptors (Lipinski definition) is 6. The van der Waals surface area contributed by atoms with Gasteiger partial charge in [-0.1, -0.05) is 43.3 Å². The molecule has 0 saturated heterocycles. The molecule has 34 heavy (non-hydrogen) atoms. The first kappa shape index (κ1) is 22.8. The Morgan fingerprint density at radius 2 is 1.82 bits per heavy atom. The Hall–Kier alpha value is -2.97. The summed E-state index contributed by atoms with van der Waals surface area (Å²) in [5.74, 6) is 0.746. The maximum Gasteiger partial charge on any atom is 0.271 e. The van der Waals surface area contributed by atoms with Crippen molar-refractivity contribution in [1.29, 1.82) is 0 Å². The molecule has 1 aromatic heterocycles. The fourth-order valence-corrected chi connectivity index (χ4v) is 7.01. The third-order valence-corrected chi connectivity index (χ3v) is 8.86. The minimum atomic E-state index is -0.0350. The van der Waals surface area contributed by atoms with Crippen LogP contribution in [0, 0.1) is 0 Å². The SMILES string of the molecule is CCCCn1c(=C2C(=O)N(CC)c3ccccc32)sc(=C2Sc3ccc(OC)cc3N2C)c1=O. The molecule has 2 aromatic carbocycles. The summed E-state index contributed by atoms with van der Waals surface area (Å²) in [7, 11) is 3.63. The maximum absolute atomic E-state index is 13.8. The van der Waals surface area contributed by atoms with E-state index in [0.29, 0.717) is 23.2 Å². The highest BCUT2D eigenvalue weighted by Gasteiger charge is 2.33. The number of carbonyl (C=O) groups excluding carboxylic acids is 1. The van der Waals surface area contributed by atoms with Gasteiger partial charge in [0.2, 0.25) is 0 Å². The zero-order valence-electron chi connectivity index (χ0n) is 19.8. The van der Waals surface area contributed by atoms with Gasteiger partial charge in [0.1, 0.15) is 20.0 Å². The van der Waals surface area contributed by atoms with Crippen molar-refractivity contribution in [3.8, 4) is 5.75 Å². The predicted molar refractivity (Wildman–Crippen MR) is 140 cm³/mol. The number of thiazole rings is 1. The topological polar surface area (TPSA) is 54.8 Å². The molecule has 0 atom stereocenters. The number of amides is 1. The van der Waals surface area contributed by atoms with Gasteiger partial charge in [0.05, 0.1) is 24.1 Å². The molecule has 0 aliphatic carbocycles. The molecule has 0 bridgehead atoms. The van der Waals surface area contributed by atoms with Crippen LogP contribution in [-0.2, 0) is 11.3 Å². The molecule has 3 aromatic rings. The average Bonchev–Trinajstić information content (AvgIpc) is 3.45. The first-order chi connectivity index (χ1) is 16.5. The number of fused-ring (bicyclic) bond motifs is 2. The first-order valence-electron chi connectivity index (χ1n) is 11.5. The number of aromatic nitrogens is 1. The number of unbranched alkanes of at least 4 members (excludes halogenated alkanes) is 1. The standard InChI is InChI=1S/C26H27N3O3S2/c1-5-7-14-29-24(31)22(26-27(3)19-15-16(32-4)12-13-20(19)33-26)34-25(29)21-17-10-8-9-11-18(17)28(6-2)23(21)30/h8-13,15H,5-7,14H2,1-4H3. The lowest BCUT2D eigenvalue weighted by atomic mass is 10.1. The van der Waals surface area contributed by atoms with Crippen LogP contribution in [0.5, 0.6) is 5.75 Å². The molecule has 176 valence electrons. The molecule has 0 saturated carbocycles. The van der Waals surface area contributed by atoms with Gasteiger partial charge >= 0.3 is 0 Å². The van der Waals surface area contributed by atoms with E-state index in [4.69, 9.17) is 4.74 Å². The van der Waals surface area contributed by atoms with Crippen molar-refractivity contribution in [2.75, 3.05) is 30.5 Å². The largest absolute Gasteiger partial charge is 0.497 e. The molecule has 6 nitrogen and oxygen atoms in total. The van der Waals surface area contributed by atoms with Crippen LogP contribution < -0.4 is 29.3 Å². The van der Waals surface area contributed by atoms with Crippen molar-refractivity contribution in [3.05, 3.63) is 67.6 Å². The van der Waals surface area contributed by atoms with E-state index in [1.165, 1.54) is 11.3 Å². The second-order valence-corrected chi connectivity index (χ2v) is 10.3. The Morgan fingerprint density at radius 1 is 1.03 bits per heavy atom. The summed E-state index contributed by atoms with van der Waals surface area (Å²) >= 11 is 3.02. The molecule has 5 rings (SSSR count). The number of nitrogens with zero attached hydrogens (tertiary/aromatic N) is 3. The van der Waals surface area contributed by atoms with Crippen LogP contribution in [-0.4, -0.2) is 31.2 Å². The van der Waals surface area contributed by atoms with E-state index in [1.807, 2.05) is 61.0 Å². The van der Waals surface area contributed by atoms with Crippen molar-refractivity contribution >= 4 is 51.0 Å². The van der Waals surface area contributed by atoms with Gasteiger partial charge in [-0.2, -0.15) is 0 Å². The lowest BCUT2D eigenvalue weighted by Crippen LogP contribution is -2.35. The number of hydrogen-bond donors (Lipinski definition) is 0. The summed E-state index contributed by atoms with van der Waals surface area (Å²) in [5.41, 5.74) is 3.43. The average molecular weight is 494 g/mol. The number of para-hydroxylation sites is 1. The monoisotopic (exact) mass is 493 g/mol. The molecule has 0 N–H and O–H groups in total. The van der Waals surface area contributed by atoms with Crippen molar-refractivity contribution in [1.82, 2.24) is 4.57 Å². The highest BCUT2D eigenvalue weighted by atomic mass is 32.2. The fourth-order valence-electron chi connectivity index (χ4n) is 4.50. The van der Waals surface area contributed by atoms with Crippen LogP contribution in [0.1, 0.15) is 32.3 Å². The van der Waals surface area contributed by atoms with E-state index in [2.05, 4.69) is 11.8 Å². The van der Waals surface area contributed by atoms with Gasteiger partial charge in [-0.3, -0.25) is 14.2 Å². The summed E-state index contributed by atoms with van der Waals surface area (Å²) in [6, 6.07) is 13.8. The Balaban J connectivity index is 1.80. The van der Waals surface area contributed by atoms with Crippen LogP contribution in [0.25, 0.3) is 10.6 Å². The van der Waals surface area contributed by atoms with Gasteiger partial charge in [-0.05, 0) is 31.5 Å². The minimum Gasteiger partial charge on any atom is -0.497 e. The molecular formula is C26H27N3O3S2. The summed E-state index contributed by atoms with van der Waals surface area (Å²) < 4.78 is 8.63. The molecule has 3 heterocycles. The third kappa shape index (κ3) is 3.47. The molecule has 0 radical (unpaired) electrons. The number of methoxy groups -OCH3 is 1. The zero-order chi connectivity index (χ0) is 24.0. The Bertz CT molecular complexity index is 1470. The first-order valence-corrected chi connectivity index (χ1v) is 13.1.